The summed E-state index contributed by atoms with van der Waals surface area (Å²) in [7, 11) is -3.47. The third kappa shape index (κ3) is 2.90. The van der Waals surface area contributed by atoms with Gasteiger partial charge in [0.15, 0.2) is 0 Å². The summed E-state index contributed by atoms with van der Waals surface area (Å²) in [6.07, 6.45) is 3.47. The van der Waals surface area contributed by atoms with Gasteiger partial charge in [0.2, 0.25) is 10.0 Å². The van der Waals surface area contributed by atoms with Crippen molar-refractivity contribution >= 4 is 21.6 Å². The van der Waals surface area contributed by atoms with Gasteiger partial charge in [-0.2, -0.15) is 0 Å². The summed E-state index contributed by atoms with van der Waals surface area (Å²) in [5.41, 5.74) is 0.523. The average molecular weight is 249 g/mol. The Kier molecular flexibility index (Phi) is 4.07. The number of hydrogen-bond acceptors (Lipinski definition) is 3. The Hall–Kier alpha value is -0.650. The normalized spacial score (nSPS) is 11.7. The fourth-order valence-corrected chi connectivity index (χ4v) is 2.62. The van der Waals surface area contributed by atoms with Crippen LogP contribution >= 0.6 is 11.6 Å². The predicted octanol–water partition coefficient (Wildman–Crippen LogP) is 1.73. The second-order valence-corrected chi connectivity index (χ2v) is 5.28. The summed E-state index contributed by atoms with van der Waals surface area (Å²) in [6.45, 7) is 3.96. The van der Waals surface area contributed by atoms with Crippen molar-refractivity contribution in [1.82, 2.24) is 9.71 Å². The molecule has 0 aliphatic carbocycles. The minimum absolute atomic E-state index is 0.142. The molecule has 1 rings (SSSR count). The van der Waals surface area contributed by atoms with E-state index in [-0.39, 0.29) is 4.90 Å². The van der Waals surface area contributed by atoms with Gasteiger partial charge in [-0.3, -0.25) is 4.98 Å². The molecular formula is C9H13ClN2O2S. The molecule has 1 heterocycles. The fourth-order valence-electron chi connectivity index (χ4n) is 1.07. The van der Waals surface area contributed by atoms with Gasteiger partial charge in [-0.05, 0) is 18.9 Å². The van der Waals surface area contributed by atoms with E-state index < -0.39 is 10.0 Å². The lowest BCUT2D eigenvalue weighted by molar-refractivity contribution is 0.579. The molecule has 0 spiro atoms. The lowest BCUT2D eigenvalue weighted by atomic mass is 10.3. The molecule has 0 bridgehead atoms. The van der Waals surface area contributed by atoms with E-state index in [1.54, 1.807) is 6.92 Å². The van der Waals surface area contributed by atoms with Crippen LogP contribution in [0.15, 0.2) is 17.3 Å². The van der Waals surface area contributed by atoms with Crippen molar-refractivity contribution in [1.29, 1.82) is 0 Å². The van der Waals surface area contributed by atoms with Crippen molar-refractivity contribution in [3.05, 3.63) is 23.0 Å². The van der Waals surface area contributed by atoms with E-state index in [2.05, 4.69) is 9.71 Å². The molecule has 0 aliphatic heterocycles. The number of hydrogen-bond donors (Lipinski definition) is 1. The summed E-state index contributed by atoms with van der Waals surface area (Å²) in [5, 5.41) is 0.356. The van der Waals surface area contributed by atoms with Gasteiger partial charge in [-0.15, -0.1) is 0 Å². The predicted molar refractivity (Wildman–Crippen MR) is 59.5 cm³/mol. The SMILES string of the molecule is CCCNS(=O)(=O)c1cncc(Cl)c1C. The second kappa shape index (κ2) is 4.92. The highest BCUT2D eigenvalue weighted by molar-refractivity contribution is 7.89. The van der Waals surface area contributed by atoms with Crippen LogP contribution in [-0.2, 0) is 10.0 Å². The number of nitrogens with one attached hydrogen (secondary N) is 1. The van der Waals surface area contributed by atoms with Gasteiger partial charge in [0, 0.05) is 18.9 Å². The standard InChI is InChI=1S/C9H13ClN2O2S/c1-3-4-12-15(13,14)9-6-11-5-8(10)7(9)2/h5-6,12H,3-4H2,1-2H3. The third-order valence-corrected chi connectivity index (χ3v) is 3.89. The van der Waals surface area contributed by atoms with Gasteiger partial charge in [-0.25, -0.2) is 13.1 Å². The number of rotatable bonds is 4. The Morgan fingerprint density at radius 1 is 1.47 bits per heavy atom. The molecule has 0 amide bonds. The van der Waals surface area contributed by atoms with Crippen LogP contribution in [0, 0.1) is 6.92 Å². The van der Waals surface area contributed by atoms with E-state index >= 15 is 0 Å². The number of halogens is 1. The fraction of sp³-hybridized carbons (Fsp3) is 0.444. The molecule has 0 saturated carbocycles. The molecule has 0 saturated heterocycles. The summed E-state index contributed by atoms with van der Waals surface area (Å²) < 4.78 is 26.0. The average Bonchev–Trinajstić information content (AvgIpc) is 2.19. The summed E-state index contributed by atoms with van der Waals surface area (Å²) >= 11 is 5.80. The molecule has 0 aliphatic rings. The van der Waals surface area contributed by atoms with Gasteiger partial charge in [0.05, 0.1) is 5.02 Å². The first-order valence-corrected chi connectivity index (χ1v) is 6.45. The minimum atomic E-state index is -3.47. The molecule has 0 aromatic carbocycles. The van der Waals surface area contributed by atoms with E-state index in [1.165, 1.54) is 12.4 Å². The van der Waals surface area contributed by atoms with Crippen molar-refractivity contribution in [3.63, 3.8) is 0 Å². The largest absolute Gasteiger partial charge is 0.262 e. The maximum atomic E-state index is 11.8. The zero-order valence-electron chi connectivity index (χ0n) is 8.62. The second-order valence-electron chi connectivity index (χ2n) is 3.14. The third-order valence-electron chi connectivity index (χ3n) is 1.94. The van der Waals surface area contributed by atoms with Crippen LogP contribution in [0.25, 0.3) is 0 Å². The summed E-state index contributed by atoms with van der Waals surface area (Å²) in [5.74, 6) is 0. The van der Waals surface area contributed by atoms with E-state index in [0.29, 0.717) is 17.1 Å². The van der Waals surface area contributed by atoms with Crippen molar-refractivity contribution in [2.75, 3.05) is 6.54 Å². The molecule has 6 heteroatoms. The maximum absolute atomic E-state index is 11.8. The zero-order chi connectivity index (χ0) is 11.5. The highest BCUT2D eigenvalue weighted by Gasteiger charge is 2.17. The van der Waals surface area contributed by atoms with Gasteiger partial charge in [-0.1, -0.05) is 18.5 Å². The maximum Gasteiger partial charge on any atom is 0.242 e. The molecule has 1 N–H and O–H groups in total. The number of sulfonamides is 1. The van der Waals surface area contributed by atoms with Crippen LogP contribution in [0.1, 0.15) is 18.9 Å². The van der Waals surface area contributed by atoms with E-state index in [9.17, 15) is 8.42 Å². The Bertz CT molecular complexity index is 445. The summed E-state index contributed by atoms with van der Waals surface area (Å²) in [4.78, 5) is 3.91. The van der Waals surface area contributed by atoms with Crippen LogP contribution < -0.4 is 4.72 Å². The van der Waals surface area contributed by atoms with E-state index in [0.717, 1.165) is 6.42 Å². The van der Waals surface area contributed by atoms with E-state index in [1.807, 2.05) is 6.92 Å². The molecule has 0 unspecified atom stereocenters. The Morgan fingerprint density at radius 3 is 2.73 bits per heavy atom. The summed E-state index contributed by atoms with van der Waals surface area (Å²) in [6, 6.07) is 0. The van der Waals surface area contributed by atoms with Crippen LogP contribution in [-0.4, -0.2) is 19.9 Å². The number of aromatic nitrogens is 1. The van der Waals surface area contributed by atoms with Gasteiger partial charge in [0.25, 0.3) is 0 Å². The molecule has 0 fully saturated rings. The molecule has 0 radical (unpaired) electrons. The molecule has 1 aromatic rings. The van der Waals surface area contributed by atoms with E-state index in [4.69, 9.17) is 11.6 Å². The number of nitrogens with zero attached hydrogens (tertiary/aromatic N) is 1. The molecular weight excluding hydrogens is 236 g/mol. The van der Waals surface area contributed by atoms with Crippen LogP contribution in [0.2, 0.25) is 5.02 Å². The van der Waals surface area contributed by atoms with Crippen molar-refractivity contribution in [3.8, 4) is 0 Å². The Morgan fingerprint density at radius 2 is 2.13 bits per heavy atom. The zero-order valence-corrected chi connectivity index (χ0v) is 10.2. The first kappa shape index (κ1) is 12.4. The first-order chi connectivity index (χ1) is 6.99. The Labute approximate surface area is 94.7 Å². The van der Waals surface area contributed by atoms with Gasteiger partial charge in [0.1, 0.15) is 4.90 Å². The highest BCUT2D eigenvalue weighted by atomic mass is 35.5. The monoisotopic (exact) mass is 248 g/mol. The molecule has 0 atom stereocenters. The molecule has 84 valence electrons. The quantitative estimate of drug-likeness (QED) is 0.883. The van der Waals surface area contributed by atoms with Crippen molar-refractivity contribution < 1.29 is 8.42 Å². The molecule has 4 nitrogen and oxygen atoms in total. The lowest BCUT2D eigenvalue weighted by Crippen LogP contribution is -2.25. The highest BCUT2D eigenvalue weighted by Crippen LogP contribution is 2.20. The van der Waals surface area contributed by atoms with Crippen LogP contribution in [0.3, 0.4) is 0 Å². The van der Waals surface area contributed by atoms with Gasteiger partial charge < -0.3 is 0 Å². The first-order valence-electron chi connectivity index (χ1n) is 4.58. The smallest absolute Gasteiger partial charge is 0.242 e. The van der Waals surface area contributed by atoms with Crippen LogP contribution in [0.4, 0.5) is 0 Å². The topological polar surface area (TPSA) is 59.1 Å². The minimum Gasteiger partial charge on any atom is -0.262 e. The lowest BCUT2D eigenvalue weighted by Gasteiger charge is -2.08. The number of pyridine rings is 1. The molecule has 15 heavy (non-hydrogen) atoms. The Balaban J connectivity index is 3.10. The molecule has 1 aromatic heterocycles. The van der Waals surface area contributed by atoms with Crippen molar-refractivity contribution in [2.24, 2.45) is 0 Å². The van der Waals surface area contributed by atoms with Gasteiger partial charge >= 0.3 is 0 Å². The van der Waals surface area contributed by atoms with Crippen LogP contribution in [0.5, 0.6) is 0 Å². The van der Waals surface area contributed by atoms with Crippen molar-refractivity contribution in [2.45, 2.75) is 25.2 Å².